The van der Waals surface area contributed by atoms with E-state index in [0.29, 0.717) is 40.1 Å². The molecule has 40 heavy (non-hydrogen) atoms. The van der Waals surface area contributed by atoms with E-state index in [2.05, 4.69) is 9.71 Å². The molecule has 2 aliphatic rings. The molecule has 1 aromatic heterocycles. The molecule has 1 aliphatic heterocycles. The lowest BCUT2D eigenvalue weighted by molar-refractivity contribution is 0.0731. The summed E-state index contributed by atoms with van der Waals surface area (Å²) in [6.45, 7) is 5.59. The molecule has 5 rings (SSSR count). The Labute approximate surface area is 236 Å². The molecule has 2 fully saturated rings. The van der Waals surface area contributed by atoms with Crippen molar-refractivity contribution in [2.45, 2.75) is 69.7 Å². The molecule has 3 aromatic rings. The molecule has 0 atom stereocenters. The number of sulfone groups is 1. The molecular formula is C29H37N3O6S2. The van der Waals surface area contributed by atoms with Gasteiger partial charge in [0.1, 0.15) is 0 Å². The highest BCUT2D eigenvalue weighted by Gasteiger charge is 2.32. The fourth-order valence-corrected chi connectivity index (χ4v) is 8.50. The summed E-state index contributed by atoms with van der Waals surface area (Å²) in [6.07, 6.45) is 6.34. The summed E-state index contributed by atoms with van der Waals surface area (Å²) in [5.74, 6) is 0.235. The molecule has 0 spiro atoms. The van der Waals surface area contributed by atoms with Gasteiger partial charge in [-0.05, 0) is 50.6 Å². The van der Waals surface area contributed by atoms with E-state index < -0.39 is 31.3 Å². The third kappa shape index (κ3) is 6.26. The molecule has 1 aliphatic carbocycles. The van der Waals surface area contributed by atoms with Crippen molar-refractivity contribution in [2.75, 3.05) is 24.6 Å². The number of nitrogens with one attached hydrogen (secondary N) is 1. The Bertz CT molecular complexity index is 1620. The normalized spacial score (nSPS) is 18.7. The number of sulfonamides is 1. The SMILES string of the molecule is CC(C)(C)NS(=O)(=O)c1ccc(-c2oc(C(=O)N3CCS(=O)(=O)CC3)nc2CC2CCCCC2)c2ccccc12. The van der Waals surface area contributed by atoms with Crippen LogP contribution in [0, 0.1) is 5.92 Å². The van der Waals surface area contributed by atoms with Crippen LogP contribution in [0.5, 0.6) is 0 Å². The third-order valence-corrected chi connectivity index (χ3v) is 11.0. The predicted octanol–water partition coefficient (Wildman–Crippen LogP) is 4.57. The number of amides is 1. The first-order valence-corrected chi connectivity index (χ1v) is 17.2. The Morgan fingerprint density at radius 3 is 2.33 bits per heavy atom. The Morgan fingerprint density at radius 1 is 1.02 bits per heavy atom. The van der Waals surface area contributed by atoms with Crippen LogP contribution < -0.4 is 4.72 Å². The van der Waals surface area contributed by atoms with Crippen LogP contribution in [-0.2, 0) is 26.3 Å². The Kier molecular flexibility index (Phi) is 7.84. The number of hydrogen-bond donors (Lipinski definition) is 1. The van der Waals surface area contributed by atoms with Gasteiger partial charge in [0.05, 0.1) is 22.1 Å². The molecular weight excluding hydrogens is 550 g/mol. The Morgan fingerprint density at radius 2 is 1.68 bits per heavy atom. The van der Waals surface area contributed by atoms with Gasteiger partial charge in [0, 0.05) is 29.6 Å². The van der Waals surface area contributed by atoms with Gasteiger partial charge in [-0.3, -0.25) is 4.79 Å². The summed E-state index contributed by atoms with van der Waals surface area (Å²) in [4.78, 5) is 19.7. The lowest BCUT2D eigenvalue weighted by Gasteiger charge is -2.25. The first kappa shape index (κ1) is 28.8. The quantitative estimate of drug-likeness (QED) is 0.448. The molecule has 216 valence electrons. The van der Waals surface area contributed by atoms with E-state index in [1.165, 1.54) is 11.3 Å². The maximum atomic E-state index is 13.4. The van der Waals surface area contributed by atoms with Gasteiger partial charge in [-0.25, -0.2) is 26.5 Å². The fraction of sp³-hybridized carbons (Fsp3) is 0.517. The summed E-state index contributed by atoms with van der Waals surface area (Å²) in [5, 5.41) is 1.23. The maximum Gasteiger partial charge on any atom is 0.309 e. The van der Waals surface area contributed by atoms with Gasteiger partial charge in [0.25, 0.3) is 5.89 Å². The molecule has 0 bridgehead atoms. The van der Waals surface area contributed by atoms with Gasteiger partial charge in [0.15, 0.2) is 15.6 Å². The summed E-state index contributed by atoms with van der Waals surface area (Å²) in [6, 6.07) is 10.6. The van der Waals surface area contributed by atoms with Crippen molar-refractivity contribution in [1.82, 2.24) is 14.6 Å². The maximum absolute atomic E-state index is 13.4. The van der Waals surface area contributed by atoms with E-state index in [9.17, 15) is 21.6 Å². The summed E-state index contributed by atoms with van der Waals surface area (Å²) >= 11 is 0. The Hall–Kier alpha value is -2.76. The molecule has 2 heterocycles. The van der Waals surface area contributed by atoms with Crippen LogP contribution in [0.1, 0.15) is 69.3 Å². The highest BCUT2D eigenvalue weighted by atomic mass is 32.2. The highest BCUT2D eigenvalue weighted by molar-refractivity contribution is 7.91. The monoisotopic (exact) mass is 587 g/mol. The number of hydrogen-bond acceptors (Lipinski definition) is 7. The van der Waals surface area contributed by atoms with Gasteiger partial charge in [-0.2, -0.15) is 0 Å². The van der Waals surface area contributed by atoms with Crippen LogP contribution in [-0.4, -0.2) is 62.8 Å². The van der Waals surface area contributed by atoms with Crippen LogP contribution in [0.25, 0.3) is 22.1 Å². The average molecular weight is 588 g/mol. The zero-order chi connectivity index (χ0) is 28.7. The first-order valence-electron chi connectivity index (χ1n) is 13.9. The minimum Gasteiger partial charge on any atom is -0.432 e. The van der Waals surface area contributed by atoms with Gasteiger partial charge < -0.3 is 9.32 Å². The number of fused-ring (bicyclic) bond motifs is 1. The van der Waals surface area contributed by atoms with Crippen LogP contribution in [0.2, 0.25) is 0 Å². The van der Waals surface area contributed by atoms with Crippen molar-refractivity contribution in [3.8, 4) is 11.3 Å². The van der Waals surface area contributed by atoms with E-state index in [1.54, 1.807) is 45.0 Å². The van der Waals surface area contributed by atoms with Crippen LogP contribution in [0.15, 0.2) is 45.7 Å². The second-order valence-corrected chi connectivity index (χ2v) is 15.9. The van der Waals surface area contributed by atoms with Crippen molar-refractivity contribution >= 4 is 36.5 Å². The minimum atomic E-state index is -3.81. The molecule has 1 saturated heterocycles. The molecule has 9 nitrogen and oxygen atoms in total. The lowest BCUT2D eigenvalue weighted by atomic mass is 9.85. The molecule has 2 aromatic carbocycles. The van der Waals surface area contributed by atoms with Crippen LogP contribution >= 0.6 is 0 Å². The molecule has 1 amide bonds. The standard InChI is InChI=1S/C29H37N3O6S2/c1-29(2,3)31-40(36,37)25-14-13-23(21-11-7-8-12-22(21)25)26-24(19-20-9-5-4-6-10-20)30-27(38-26)28(33)32-15-17-39(34,35)18-16-32/h7-8,11-14,20,31H,4-6,9-10,15-19H2,1-3H3. The van der Waals surface area contributed by atoms with Crippen molar-refractivity contribution in [1.29, 1.82) is 0 Å². The number of aromatic nitrogens is 1. The second kappa shape index (κ2) is 10.9. The van der Waals surface area contributed by atoms with Crippen LogP contribution in [0.3, 0.4) is 0 Å². The number of oxazole rings is 1. The fourth-order valence-electron chi connectivity index (χ4n) is 5.67. The molecule has 1 N–H and O–H groups in total. The van der Waals surface area contributed by atoms with Gasteiger partial charge in [0.2, 0.25) is 10.0 Å². The van der Waals surface area contributed by atoms with Gasteiger partial charge in [-0.15, -0.1) is 0 Å². The lowest BCUT2D eigenvalue weighted by Crippen LogP contribution is -2.43. The van der Waals surface area contributed by atoms with Crippen molar-refractivity contribution < 1.29 is 26.0 Å². The van der Waals surface area contributed by atoms with E-state index in [1.807, 2.05) is 12.1 Å². The van der Waals surface area contributed by atoms with E-state index >= 15 is 0 Å². The van der Waals surface area contributed by atoms with Crippen molar-refractivity contribution in [3.05, 3.63) is 48.0 Å². The number of rotatable bonds is 6. The largest absolute Gasteiger partial charge is 0.432 e. The zero-order valence-electron chi connectivity index (χ0n) is 23.3. The van der Waals surface area contributed by atoms with E-state index in [4.69, 9.17) is 4.42 Å². The molecule has 11 heteroatoms. The second-order valence-electron chi connectivity index (χ2n) is 12.0. The first-order chi connectivity index (χ1) is 18.8. The van der Waals surface area contributed by atoms with Crippen molar-refractivity contribution in [2.24, 2.45) is 5.92 Å². The topological polar surface area (TPSA) is 127 Å². The number of carbonyl (C=O) groups is 1. The number of carbonyl (C=O) groups excluding carboxylic acids is 1. The summed E-state index contributed by atoms with van der Waals surface area (Å²) < 4.78 is 59.4. The average Bonchev–Trinajstić information content (AvgIpc) is 3.30. The Balaban J connectivity index is 1.59. The minimum absolute atomic E-state index is 0.0599. The third-order valence-electron chi connectivity index (χ3n) is 7.58. The predicted molar refractivity (Wildman–Crippen MR) is 154 cm³/mol. The number of nitrogens with zero attached hydrogens (tertiary/aromatic N) is 2. The van der Waals surface area contributed by atoms with Crippen molar-refractivity contribution in [3.63, 3.8) is 0 Å². The van der Waals surface area contributed by atoms with E-state index in [-0.39, 0.29) is 35.4 Å². The smallest absolute Gasteiger partial charge is 0.309 e. The van der Waals surface area contributed by atoms with Gasteiger partial charge >= 0.3 is 5.91 Å². The summed E-state index contributed by atoms with van der Waals surface area (Å²) in [7, 11) is -6.96. The molecule has 0 unspecified atom stereocenters. The summed E-state index contributed by atoms with van der Waals surface area (Å²) in [5.41, 5.74) is 0.692. The van der Waals surface area contributed by atoms with Gasteiger partial charge in [-0.1, -0.05) is 56.4 Å². The number of benzene rings is 2. The highest BCUT2D eigenvalue weighted by Crippen LogP contribution is 2.37. The molecule has 0 radical (unpaired) electrons. The van der Waals surface area contributed by atoms with Crippen LogP contribution in [0.4, 0.5) is 0 Å². The van der Waals surface area contributed by atoms with E-state index in [0.717, 1.165) is 25.7 Å². The molecule has 1 saturated carbocycles. The zero-order valence-corrected chi connectivity index (χ0v) is 24.9.